The Morgan fingerprint density at radius 3 is 2.31 bits per heavy atom. The monoisotopic (exact) mass is 553 g/mol. The molecule has 14 heteroatoms. The molecule has 0 spiro atoms. The number of nitrogens with zero attached hydrogens (tertiary/aromatic N) is 3. The molecule has 1 amide bonds. The van der Waals surface area contributed by atoms with Crippen molar-refractivity contribution in [2.24, 2.45) is 5.73 Å². The van der Waals surface area contributed by atoms with Crippen molar-refractivity contribution in [1.82, 2.24) is 14.3 Å². The fourth-order valence-electron chi connectivity index (χ4n) is 3.82. The molecule has 208 valence electrons. The molecule has 2 heterocycles. The number of hydrogen-bond donors (Lipinski definition) is 3. The van der Waals surface area contributed by atoms with Crippen molar-refractivity contribution in [2.75, 3.05) is 11.9 Å². The maximum Gasteiger partial charge on any atom is 0.490 e. The molecule has 0 fully saturated rings. The zero-order valence-corrected chi connectivity index (χ0v) is 20.6. The number of amides is 1. The standard InChI is InChI=1S/C23H23F2N5O2.C2HF3O2/c1-14-8-18(9-17-6-7-20(31)28-21(14)17)16-4-2-15(3-5-16)11-29-13-27-30(23(29)32)12-19(10-26)22(24)25;3-2(4,5)1(6)7/h2-5,8-9,13H,6-7,10-12,26H2,1H3,(H,28,31);(H,6,7). The average Bonchev–Trinajstić information content (AvgIpc) is 3.21. The third kappa shape index (κ3) is 7.37. The number of hydrogen-bond acceptors (Lipinski definition) is 5. The van der Waals surface area contributed by atoms with Crippen molar-refractivity contribution in [3.63, 3.8) is 0 Å². The van der Waals surface area contributed by atoms with Crippen LogP contribution in [0.15, 0.2) is 59.2 Å². The Kier molecular flexibility index (Phi) is 9.01. The largest absolute Gasteiger partial charge is 0.490 e. The van der Waals surface area contributed by atoms with Crippen LogP contribution < -0.4 is 16.7 Å². The lowest BCUT2D eigenvalue weighted by molar-refractivity contribution is -0.192. The van der Waals surface area contributed by atoms with E-state index in [2.05, 4.69) is 16.5 Å². The molecule has 39 heavy (non-hydrogen) atoms. The highest BCUT2D eigenvalue weighted by atomic mass is 19.4. The summed E-state index contributed by atoms with van der Waals surface area (Å²) < 4.78 is 59.7. The lowest BCUT2D eigenvalue weighted by atomic mass is 9.93. The lowest BCUT2D eigenvalue weighted by Crippen LogP contribution is -2.27. The van der Waals surface area contributed by atoms with E-state index in [1.807, 2.05) is 37.3 Å². The number of fused-ring (bicyclic) bond motifs is 1. The van der Waals surface area contributed by atoms with Gasteiger partial charge in [0.2, 0.25) is 5.91 Å². The SMILES string of the molecule is Cc1cc(-c2ccc(Cn3cnn(CC(CN)=C(F)F)c3=O)cc2)cc2c1NC(=O)CC2.O=C(O)C(F)(F)F. The van der Waals surface area contributed by atoms with Crippen molar-refractivity contribution in [1.29, 1.82) is 0 Å². The molecular formula is C25H24F5N5O4. The molecule has 1 aromatic heterocycles. The first kappa shape index (κ1) is 29.2. The Bertz CT molecular complexity index is 1450. The normalized spacial score (nSPS) is 12.6. The first-order chi connectivity index (χ1) is 18.3. The number of carboxylic acid groups (broad SMARTS) is 1. The molecule has 1 aliphatic heterocycles. The van der Waals surface area contributed by atoms with Gasteiger partial charge in [-0.15, -0.1) is 0 Å². The number of aryl methyl sites for hydroxylation is 2. The summed E-state index contributed by atoms with van der Waals surface area (Å²) in [6.07, 6.45) is -4.43. The average molecular weight is 553 g/mol. The van der Waals surface area contributed by atoms with Crippen LogP contribution in [0.5, 0.6) is 0 Å². The van der Waals surface area contributed by atoms with E-state index in [0.717, 1.165) is 38.2 Å². The van der Waals surface area contributed by atoms with Gasteiger partial charge < -0.3 is 16.2 Å². The van der Waals surface area contributed by atoms with Crippen molar-refractivity contribution in [3.05, 3.63) is 81.6 Å². The van der Waals surface area contributed by atoms with Crippen molar-refractivity contribution in [3.8, 4) is 11.1 Å². The highest BCUT2D eigenvalue weighted by Gasteiger charge is 2.38. The summed E-state index contributed by atoms with van der Waals surface area (Å²) in [7, 11) is 0. The Balaban J connectivity index is 0.000000532. The minimum atomic E-state index is -5.08. The summed E-state index contributed by atoms with van der Waals surface area (Å²) in [6.45, 7) is 1.58. The van der Waals surface area contributed by atoms with Gasteiger partial charge in [-0.05, 0) is 53.3 Å². The molecular weight excluding hydrogens is 529 g/mol. The summed E-state index contributed by atoms with van der Waals surface area (Å²) in [5, 5.41) is 14.0. The molecule has 3 aromatic rings. The quantitative estimate of drug-likeness (QED) is 0.399. The number of rotatable bonds is 6. The number of nitrogens with one attached hydrogen (secondary N) is 1. The summed E-state index contributed by atoms with van der Waals surface area (Å²) in [4.78, 5) is 33.0. The predicted octanol–water partition coefficient (Wildman–Crippen LogP) is 3.70. The smallest absolute Gasteiger partial charge is 0.475 e. The van der Waals surface area contributed by atoms with E-state index in [1.54, 1.807) is 0 Å². The van der Waals surface area contributed by atoms with Crippen molar-refractivity contribution < 1.29 is 36.6 Å². The van der Waals surface area contributed by atoms with E-state index in [4.69, 9.17) is 15.6 Å². The van der Waals surface area contributed by atoms with Crippen LogP contribution in [0.2, 0.25) is 0 Å². The van der Waals surface area contributed by atoms with E-state index in [-0.39, 0.29) is 31.1 Å². The second-order valence-corrected chi connectivity index (χ2v) is 8.64. The fraction of sp³-hybridized carbons (Fsp3) is 0.280. The van der Waals surface area contributed by atoms with E-state index in [1.165, 1.54) is 10.9 Å². The lowest BCUT2D eigenvalue weighted by Gasteiger charge is -2.20. The number of halogens is 5. The fourth-order valence-corrected chi connectivity index (χ4v) is 3.82. The third-order valence-corrected chi connectivity index (χ3v) is 5.84. The highest BCUT2D eigenvalue weighted by molar-refractivity contribution is 5.95. The van der Waals surface area contributed by atoms with Crippen molar-refractivity contribution in [2.45, 2.75) is 39.0 Å². The summed E-state index contributed by atoms with van der Waals surface area (Å²) in [5.74, 6) is -2.71. The molecule has 0 aliphatic carbocycles. The number of anilines is 1. The van der Waals surface area contributed by atoms with E-state index >= 15 is 0 Å². The Labute approximate surface area is 218 Å². The molecule has 4 N–H and O–H groups in total. The van der Waals surface area contributed by atoms with Crippen LogP contribution in [0.25, 0.3) is 11.1 Å². The van der Waals surface area contributed by atoms with Gasteiger partial charge >= 0.3 is 17.8 Å². The molecule has 0 unspecified atom stereocenters. The first-order valence-electron chi connectivity index (χ1n) is 11.5. The molecule has 0 atom stereocenters. The van der Waals surface area contributed by atoms with Crippen LogP contribution in [0.4, 0.5) is 27.6 Å². The van der Waals surface area contributed by atoms with E-state index in [0.29, 0.717) is 12.8 Å². The van der Waals surface area contributed by atoms with Crippen LogP contribution in [-0.4, -0.2) is 44.1 Å². The van der Waals surface area contributed by atoms with Gasteiger partial charge in [0.1, 0.15) is 6.33 Å². The number of nitrogens with two attached hydrogens (primary N) is 1. The van der Waals surface area contributed by atoms with E-state index in [9.17, 15) is 31.5 Å². The van der Waals surface area contributed by atoms with E-state index < -0.39 is 23.9 Å². The number of aromatic nitrogens is 3. The molecule has 0 saturated heterocycles. The zero-order valence-electron chi connectivity index (χ0n) is 20.6. The maximum atomic E-state index is 12.8. The van der Waals surface area contributed by atoms with Crippen LogP contribution in [-0.2, 0) is 29.1 Å². The molecule has 4 rings (SSSR count). The number of carboxylic acids is 1. The summed E-state index contributed by atoms with van der Waals surface area (Å²) in [6, 6.07) is 11.9. The summed E-state index contributed by atoms with van der Waals surface area (Å²) in [5.41, 5.74) is 10.5. The number of alkyl halides is 3. The number of carbonyl (C=O) groups excluding carboxylic acids is 1. The van der Waals surface area contributed by atoms with Gasteiger partial charge in [-0.25, -0.2) is 14.3 Å². The molecule has 0 saturated carbocycles. The molecule has 0 radical (unpaired) electrons. The van der Waals surface area contributed by atoms with Crippen molar-refractivity contribution >= 4 is 17.6 Å². The minimum Gasteiger partial charge on any atom is -0.475 e. The Hall–Kier alpha value is -4.33. The minimum absolute atomic E-state index is 0.0429. The van der Waals surface area contributed by atoms with Gasteiger partial charge in [-0.1, -0.05) is 24.3 Å². The van der Waals surface area contributed by atoms with Crippen LogP contribution >= 0.6 is 0 Å². The second kappa shape index (κ2) is 12.0. The zero-order chi connectivity index (χ0) is 28.9. The van der Waals surface area contributed by atoms with Gasteiger partial charge in [0, 0.05) is 24.2 Å². The second-order valence-electron chi connectivity index (χ2n) is 8.64. The van der Waals surface area contributed by atoms with Crippen LogP contribution in [0.3, 0.4) is 0 Å². The molecule has 2 aromatic carbocycles. The molecule has 0 bridgehead atoms. The number of carbonyl (C=O) groups is 2. The van der Waals surface area contributed by atoms with Gasteiger partial charge in [-0.2, -0.15) is 27.1 Å². The molecule has 9 nitrogen and oxygen atoms in total. The predicted molar refractivity (Wildman–Crippen MR) is 131 cm³/mol. The maximum absolute atomic E-state index is 12.8. The third-order valence-electron chi connectivity index (χ3n) is 5.84. The number of aliphatic carboxylic acids is 1. The van der Waals surface area contributed by atoms with Gasteiger partial charge in [0.05, 0.1) is 13.1 Å². The van der Waals surface area contributed by atoms with Gasteiger partial charge in [0.15, 0.2) is 0 Å². The first-order valence-corrected chi connectivity index (χ1v) is 11.5. The Morgan fingerprint density at radius 1 is 1.10 bits per heavy atom. The topological polar surface area (TPSA) is 132 Å². The van der Waals surface area contributed by atoms with Gasteiger partial charge in [0.25, 0.3) is 6.08 Å². The Morgan fingerprint density at radius 2 is 1.74 bits per heavy atom. The number of benzene rings is 2. The highest BCUT2D eigenvalue weighted by Crippen LogP contribution is 2.32. The summed E-state index contributed by atoms with van der Waals surface area (Å²) >= 11 is 0. The molecule has 1 aliphatic rings. The van der Waals surface area contributed by atoms with Gasteiger partial charge in [-0.3, -0.25) is 9.36 Å². The van der Waals surface area contributed by atoms with Crippen LogP contribution in [0.1, 0.15) is 23.1 Å². The van der Waals surface area contributed by atoms with Crippen LogP contribution in [0, 0.1) is 6.92 Å².